The maximum Gasteiger partial charge on any atom is 0.249 e. The van der Waals surface area contributed by atoms with Gasteiger partial charge in [0.05, 0.1) is 0 Å². The van der Waals surface area contributed by atoms with Crippen LogP contribution in [-0.4, -0.2) is 17.5 Å². The molecule has 4 heteroatoms. The zero-order valence-corrected chi connectivity index (χ0v) is 7.43. The summed E-state index contributed by atoms with van der Waals surface area (Å²) in [5.74, 6) is -0.206. The lowest BCUT2D eigenvalue weighted by Gasteiger charge is -2.18. The van der Waals surface area contributed by atoms with Crippen molar-refractivity contribution in [3.63, 3.8) is 0 Å². The van der Waals surface area contributed by atoms with Crippen LogP contribution in [0.1, 0.15) is 27.7 Å². The minimum Gasteiger partial charge on any atom is -0.352 e. The van der Waals surface area contributed by atoms with Gasteiger partial charge >= 0.3 is 0 Å². The average molecular weight is 157 g/mol. The Morgan fingerprint density at radius 1 is 1.55 bits per heavy atom. The second-order valence-electron chi connectivity index (χ2n) is 3.30. The minimum atomic E-state index is -0.926. The van der Waals surface area contributed by atoms with E-state index in [0.717, 1.165) is 0 Å². The fourth-order valence-electron chi connectivity index (χ4n) is 0.490. The first-order chi connectivity index (χ1) is 4.90. The molecule has 0 aliphatic heterocycles. The van der Waals surface area contributed by atoms with Gasteiger partial charge in [-0.25, -0.2) is 5.53 Å². The van der Waals surface area contributed by atoms with Crippen LogP contribution >= 0.6 is 0 Å². The summed E-state index contributed by atoms with van der Waals surface area (Å²) in [6.07, 6.45) is 0. The Labute approximate surface area is 66.9 Å². The molecule has 0 bridgehead atoms. The van der Waals surface area contributed by atoms with E-state index in [2.05, 4.69) is 10.4 Å². The van der Waals surface area contributed by atoms with Gasteiger partial charge < -0.3 is 5.32 Å². The van der Waals surface area contributed by atoms with Crippen LogP contribution in [0.3, 0.4) is 0 Å². The molecule has 0 aromatic carbocycles. The molecule has 64 valence electrons. The number of hydrogen-bond acceptors (Lipinski definition) is 3. The van der Waals surface area contributed by atoms with E-state index in [1.54, 1.807) is 13.8 Å². The lowest BCUT2D eigenvalue weighted by molar-refractivity contribution is -0.125. The summed E-state index contributed by atoms with van der Waals surface area (Å²) in [6.45, 7) is 6.96. The van der Waals surface area contributed by atoms with Crippen molar-refractivity contribution >= 4 is 5.91 Å². The summed E-state index contributed by atoms with van der Waals surface area (Å²) in [4.78, 5) is 11.2. The number of nitrogens with one attached hydrogen (secondary N) is 2. The molecule has 0 aromatic heterocycles. The highest BCUT2D eigenvalue weighted by Gasteiger charge is 2.26. The van der Waals surface area contributed by atoms with Crippen LogP contribution in [0, 0.1) is 5.53 Å². The van der Waals surface area contributed by atoms with Gasteiger partial charge in [-0.2, -0.15) is 5.11 Å². The van der Waals surface area contributed by atoms with Crippen molar-refractivity contribution in [3.05, 3.63) is 0 Å². The Morgan fingerprint density at radius 3 is 2.27 bits per heavy atom. The van der Waals surface area contributed by atoms with Crippen LogP contribution < -0.4 is 5.32 Å². The summed E-state index contributed by atoms with van der Waals surface area (Å²) in [7, 11) is 0. The van der Waals surface area contributed by atoms with Gasteiger partial charge in [0.25, 0.3) is 0 Å². The van der Waals surface area contributed by atoms with Crippen LogP contribution in [0.4, 0.5) is 0 Å². The molecule has 0 spiro atoms. The van der Waals surface area contributed by atoms with Crippen molar-refractivity contribution in [3.8, 4) is 0 Å². The Kier molecular flexibility index (Phi) is 3.17. The molecule has 0 rings (SSSR count). The number of carbonyl (C=O) groups excluding carboxylic acids is 1. The maximum atomic E-state index is 11.2. The molecule has 4 nitrogen and oxygen atoms in total. The molecule has 0 aliphatic rings. The van der Waals surface area contributed by atoms with E-state index < -0.39 is 5.54 Å². The molecule has 0 unspecified atom stereocenters. The van der Waals surface area contributed by atoms with Crippen LogP contribution in [-0.2, 0) is 4.79 Å². The molecule has 1 amide bonds. The van der Waals surface area contributed by atoms with Gasteiger partial charge in [-0.1, -0.05) is 0 Å². The number of hydrogen-bond donors (Lipinski definition) is 2. The first-order valence-electron chi connectivity index (χ1n) is 3.59. The Balaban J connectivity index is 4.13. The van der Waals surface area contributed by atoms with E-state index in [1.807, 2.05) is 13.8 Å². The summed E-state index contributed by atoms with van der Waals surface area (Å²) in [6, 6.07) is 0.100. The lowest BCUT2D eigenvalue weighted by atomic mass is 10.1. The SMILES string of the molecule is CC(C)NC(=O)C(C)(C)N=N. The van der Waals surface area contributed by atoms with Gasteiger partial charge in [0.1, 0.15) is 0 Å². The molecular weight excluding hydrogens is 142 g/mol. The normalized spacial score (nSPS) is 11.4. The number of carbonyl (C=O) groups is 1. The average Bonchev–Trinajstić information content (AvgIpc) is 1.86. The topological polar surface area (TPSA) is 65.3 Å². The first-order valence-corrected chi connectivity index (χ1v) is 3.59. The van der Waals surface area contributed by atoms with E-state index in [-0.39, 0.29) is 11.9 Å². The smallest absolute Gasteiger partial charge is 0.249 e. The van der Waals surface area contributed by atoms with Gasteiger partial charge in [-0.15, -0.1) is 0 Å². The Hall–Kier alpha value is -0.930. The summed E-state index contributed by atoms with van der Waals surface area (Å²) in [5, 5.41) is 5.89. The monoisotopic (exact) mass is 157 g/mol. The van der Waals surface area contributed by atoms with E-state index >= 15 is 0 Å². The van der Waals surface area contributed by atoms with Crippen molar-refractivity contribution < 1.29 is 4.79 Å². The molecule has 0 saturated heterocycles. The summed E-state index contributed by atoms with van der Waals surface area (Å²) >= 11 is 0. The second kappa shape index (κ2) is 3.46. The molecule has 0 heterocycles. The highest BCUT2D eigenvalue weighted by atomic mass is 16.2. The Morgan fingerprint density at radius 2 is 2.00 bits per heavy atom. The second-order valence-corrected chi connectivity index (χ2v) is 3.30. The van der Waals surface area contributed by atoms with Crippen LogP contribution in [0.25, 0.3) is 0 Å². The fraction of sp³-hybridized carbons (Fsp3) is 0.857. The predicted molar refractivity (Wildman–Crippen MR) is 42.5 cm³/mol. The highest BCUT2D eigenvalue weighted by molar-refractivity contribution is 5.85. The summed E-state index contributed by atoms with van der Waals surface area (Å²) < 4.78 is 0. The molecule has 0 atom stereocenters. The third-order valence-electron chi connectivity index (χ3n) is 1.25. The standard InChI is InChI=1S/C7H15N3O/c1-5(2)9-6(11)7(3,4)10-8/h5,8H,1-4H3,(H,9,11). The van der Waals surface area contributed by atoms with E-state index in [4.69, 9.17) is 5.53 Å². The third-order valence-corrected chi connectivity index (χ3v) is 1.25. The fourth-order valence-corrected chi connectivity index (χ4v) is 0.490. The van der Waals surface area contributed by atoms with Gasteiger partial charge in [-0.05, 0) is 27.7 Å². The van der Waals surface area contributed by atoms with Gasteiger partial charge in [0.2, 0.25) is 5.91 Å². The van der Waals surface area contributed by atoms with Crippen LogP contribution in [0.5, 0.6) is 0 Å². The predicted octanol–water partition coefficient (Wildman–Crippen LogP) is 1.32. The van der Waals surface area contributed by atoms with Crippen molar-refractivity contribution in [2.24, 2.45) is 5.11 Å². The molecule has 0 saturated carbocycles. The molecule has 0 aliphatic carbocycles. The molecular formula is C7H15N3O. The van der Waals surface area contributed by atoms with Crippen LogP contribution in [0.15, 0.2) is 5.11 Å². The van der Waals surface area contributed by atoms with Gasteiger partial charge in [0.15, 0.2) is 5.54 Å². The van der Waals surface area contributed by atoms with E-state index in [9.17, 15) is 4.79 Å². The number of rotatable bonds is 3. The van der Waals surface area contributed by atoms with Crippen molar-refractivity contribution in [1.82, 2.24) is 5.32 Å². The quantitative estimate of drug-likeness (QED) is 0.596. The molecule has 2 N–H and O–H groups in total. The number of nitrogens with zero attached hydrogens (tertiary/aromatic N) is 1. The zero-order chi connectivity index (χ0) is 9.07. The van der Waals surface area contributed by atoms with Crippen molar-refractivity contribution in [2.45, 2.75) is 39.3 Å². The lowest BCUT2D eigenvalue weighted by Crippen LogP contribution is -2.43. The van der Waals surface area contributed by atoms with E-state index in [0.29, 0.717) is 0 Å². The molecule has 0 fully saturated rings. The van der Waals surface area contributed by atoms with Crippen molar-refractivity contribution in [1.29, 1.82) is 5.53 Å². The third kappa shape index (κ3) is 3.11. The maximum absolute atomic E-state index is 11.2. The minimum absolute atomic E-state index is 0.100. The zero-order valence-electron chi connectivity index (χ0n) is 7.43. The van der Waals surface area contributed by atoms with Crippen LogP contribution in [0.2, 0.25) is 0 Å². The van der Waals surface area contributed by atoms with E-state index in [1.165, 1.54) is 0 Å². The highest BCUT2D eigenvalue weighted by Crippen LogP contribution is 2.07. The Bertz CT molecular complexity index is 163. The largest absolute Gasteiger partial charge is 0.352 e. The number of amides is 1. The van der Waals surface area contributed by atoms with Crippen molar-refractivity contribution in [2.75, 3.05) is 0 Å². The van der Waals surface area contributed by atoms with Gasteiger partial charge in [0, 0.05) is 6.04 Å². The first kappa shape index (κ1) is 10.1. The molecule has 0 aromatic rings. The molecule has 0 radical (unpaired) electrons. The molecule has 11 heavy (non-hydrogen) atoms. The van der Waals surface area contributed by atoms with Gasteiger partial charge in [-0.3, -0.25) is 4.79 Å². The summed E-state index contributed by atoms with van der Waals surface area (Å²) in [5.41, 5.74) is 5.82.